The molecule has 0 aliphatic rings. The van der Waals surface area contributed by atoms with Gasteiger partial charge in [0.1, 0.15) is 0 Å². The largest absolute Gasteiger partial charge is 0.477 e. The van der Waals surface area contributed by atoms with E-state index in [1.165, 1.54) is 0 Å². The van der Waals surface area contributed by atoms with Gasteiger partial charge in [0.2, 0.25) is 0 Å². The molecule has 108 valence electrons. The smallest absolute Gasteiger partial charge is 0.362 e. The van der Waals surface area contributed by atoms with Crippen LogP contribution < -0.4 is 0 Å². The van der Waals surface area contributed by atoms with E-state index >= 15 is 0 Å². The zero-order chi connectivity index (χ0) is 14.4. The van der Waals surface area contributed by atoms with Gasteiger partial charge in [0.05, 0.1) is 26.9 Å². The second-order valence-electron chi connectivity index (χ2n) is 5.46. The van der Waals surface area contributed by atoms with Crippen molar-refractivity contribution in [2.24, 2.45) is 0 Å². The van der Waals surface area contributed by atoms with Crippen molar-refractivity contribution in [3.63, 3.8) is 0 Å². The van der Waals surface area contributed by atoms with Gasteiger partial charge in [-0.3, -0.25) is 4.55 Å². The second-order valence-corrected chi connectivity index (χ2v) is 7.03. The van der Waals surface area contributed by atoms with Crippen LogP contribution in [0.1, 0.15) is 32.1 Å². The number of carboxylic acids is 1. The molecule has 7 heteroatoms. The summed E-state index contributed by atoms with van der Waals surface area (Å²) in [7, 11) is 1.67. The maximum absolute atomic E-state index is 11.1. The molecule has 0 amide bonds. The number of aliphatic carboxylic acids is 1. The standard InChI is InChI=1S/C11H23NO5S/c1-12(2,3)10(11(13)14)8-6-4-5-7-9-18(15,16)17/h10H,4-9H2,1-3H3,(H-,13,14,15,16,17)/p+1. The molecule has 0 aromatic rings. The highest BCUT2D eigenvalue weighted by molar-refractivity contribution is 7.85. The van der Waals surface area contributed by atoms with E-state index in [-0.39, 0.29) is 5.75 Å². The molecular weight excluding hydrogens is 258 g/mol. The van der Waals surface area contributed by atoms with Gasteiger partial charge in [-0.2, -0.15) is 8.42 Å². The Morgan fingerprint density at radius 2 is 1.61 bits per heavy atom. The van der Waals surface area contributed by atoms with Crippen LogP contribution in [0.2, 0.25) is 0 Å². The third-order valence-corrected chi connectivity index (χ3v) is 3.65. The minimum atomic E-state index is -3.86. The van der Waals surface area contributed by atoms with Crippen LogP contribution in [-0.4, -0.2) is 61.5 Å². The Morgan fingerprint density at radius 3 is 2.00 bits per heavy atom. The van der Waals surface area contributed by atoms with E-state index < -0.39 is 22.1 Å². The van der Waals surface area contributed by atoms with Gasteiger partial charge < -0.3 is 9.59 Å². The van der Waals surface area contributed by atoms with Gasteiger partial charge in [-0.1, -0.05) is 12.8 Å². The lowest BCUT2D eigenvalue weighted by Crippen LogP contribution is -2.49. The van der Waals surface area contributed by atoms with Gasteiger partial charge in [0, 0.05) is 6.42 Å². The van der Waals surface area contributed by atoms with Crippen molar-refractivity contribution < 1.29 is 27.4 Å². The molecule has 0 aromatic carbocycles. The van der Waals surface area contributed by atoms with Crippen LogP contribution in [-0.2, 0) is 14.9 Å². The van der Waals surface area contributed by atoms with Gasteiger partial charge in [-0.15, -0.1) is 0 Å². The number of hydrogen-bond donors (Lipinski definition) is 2. The van der Waals surface area contributed by atoms with Crippen molar-refractivity contribution in [3.05, 3.63) is 0 Å². The average molecular weight is 282 g/mol. The normalized spacial score (nSPS) is 14.4. The highest BCUT2D eigenvalue weighted by Crippen LogP contribution is 2.13. The van der Waals surface area contributed by atoms with Crippen molar-refractivity contribution in [1.82, 2.24) is 0 Å². The molecule has 0 spiro atoms. The fourth-order valence-corrected chi connectivity index (χ4v) is 2.39. The maximum Gasteiger partial charge on any atom is 0.362 e. The van der Waals surface area contributed by atoms with E-state index in [4.69, 9.17) is 9.66 Å². The Hall–Kier alpha value is -0.660. The molecule has 0 aliphatic carbocycles. The Labute approximate surface area is 109 Å². The highest BCUT2D eigenvalue weighted by Gasteiger charge is 2.30. The van der Waals surface area contributed by atoms with Gasteiger partial charge in [-0.25, -0.2) is 4.79 Å². The quantitative estimate of drug-likeness (QED) is 0.374. The molecule has 0 heterocycles. The molecule has 1 atom stereocenters. The monoisotopic (exact) mass is 282 g/mol. The summed E-state index contributed by atoms with van der Waals surface area (Å²) in [6, 6.07) is -0.438. The van der Waals surface area contributed by atoms with E-state index in [1.807, 2.05) is 21.1 Å². The number of carbonyl (C=O) groups is 1. The number of hydrogen-bond acceptors (Lipinski definition) is 3. The molecule has 0 aromatic heterocycles. The Bertz CT molecular complexity index is 358. The summed E-state index contributed by atoms with van der Waals surface area (Å²) in [5, 5.41) is 9.09. The Morgan fingerprint density at radius 1 is 1.11 bits per heavy atom. The second kappa shape index (κ2) is 7.06. The number of quaternary nitrogens is 1. The van der Waals surface area contributed by atoms with Crippen LogP contribution in [0.15, 0.2) is 0 Å². The molecule has 1 unspecified atom stereocenters. The molecular formula is C11H24NO5S+. The Balaban J connectivity index is 3.86. The molecule has 0 radical (unpaired) electrons. The topological polar surface area (TPSA) is 91.7 Å². The molecule has 0 bridgehead atoms. The lowest BCUT2D eigenvalue weighted by molar-refractivity contribution is -0.887. The van der Waals surface area contributed by atoms with Crippen molar-refractivity contribution >= 4 is 16.1 Å². The minimum Gasteiger partial charge on any atom is -0.477 e. The van der Waals surface area contributed by atoms with Crippen LogP contribution in [0.25, 0.3) is 0 Å². The van der Waals surface area contributed by atoms with Gasteiger partial charge in [0.25, 0.3) is 10.1 Å². The SMILES string of the molecule is C[N+](C)(C)C(CCCCCCS(=O)(=O)O)C(=O)O. The van der Waals surface area contributed by atoms with E-state index in [0.717, 1.165) is 12.8 Å². The first kappa shape index (κ1) is 17.3. The zero-order valence-corrected chi connectivity index (χ0v) is 12.1. The van der Waals surface area contributed by atoms with Crippen LogP contribution in [0, 0.1) is 0 Å². The molecule has 0 aliphatic heterocycles. The molecule has 18 heavy (non-hydrogen) atoms. The fraction of sp³-hybridized carbons (Fsp3) is 0.909. The predicted molar refractivity (Wildman–Crippen MR) is 69.0 cm³/mol. The van der Waals surface area contributed by atoms with Crippen LogP contribution in [0.4, 0.5) is 0 Å². The number of nitrogens with zero attached hydrogens (tertiary/aromatic N) is 1. The predicted octanol–water partition coefficient (Wildman–Crippen LogP) is 0.984. The molecule has 0 saturated carbocycles. The lowest BCUT2D eigenvalue weighted by atomic mass is 10.1. The van der Waals surface area contributed by atoms with E-state index in [2.05, 4.69) is 0 Å². The summed E-state index contributed by atoms with van der Waals surface area (Å²) >= 11 is 0. The molecule has 0 fully saturated rings. The van der Waals surface area contributed by atoms with Crippen molar-refractivity contribution in [2.45, 2.75) is 38.1 Å². The number of rotatable bonds is 9. The summed E-state index contributed by atoms with van der Waals surface area (Å²) in [6.45, 7) is 0. The van der Waals surface area contributed by atoms with Crippen molar-refractivity contribution in [3.8, 4) is 0 Å². The van der Waals surface area contributed by atoms with Crippen LogP contribution in [0.5, 0.6) is 0 Å². The summed E-state index contributed by atoms with van der Waals surface area (Å²) in [5.41, 5.74) is 0. The van der Waals surface area contributed by atoms with Crippen LogP contribution in [0.3, 0.4) is 0 Å². The lowest BCUT2D eigenvalue weighted by Gasteiger charge is -2.31. The zero-order valence-electron chi connectivity index (χ0n) is 11.3. The summed E-state index contributed by atoms with van der Waals surface area (Å²) in [6.07, 6.45) is 3.20. The number of carboxylic acid groups (broad SMARTS) is 1. The highest BCUT2D eigenvalue weighted by atomic mass is 32.2. The van der Waals surface area contributed by atoms with E-state index in [1.54, 1.807) is 0 Å². The molecule has 0 saturated heterocycles. The first-order valence-corrected chi connectivity index (χ1v) is 7.64. The van der Waals surface area contributed by atoms with E-state index in [9.17, 15) is 13.2 Å². The molecule has 2 N–H and O–H groups in total. The summed E-state index contributed by atoms with van der Waals surface area (Å²) in [4.78, 5) is 11.1. The maximum atomic E-state index is 11.1. The van der Waals surface area contributed by atoms with Crippen molar-refractivity contribution in [2.75, 3.05) is 26.9 Å². The van der Waals surface area contributed by atoms with Gasteiger partial charge in [0.15, 0.2) is 6.04 Å². The van der Waals surface area contributed by atoms with E-state index in [0.29, 0.717) is 23.7 Å². The number of likely N-dealkylation sites (N-methyl/N-ethyl adjacent to an activating group) is 1. The first-order valence-electron chi connectivity index (χ1n) is 6.03. The molecule has 0 rings (SSSR count). The molecule has 6 nitrogen and oxygen atoms in total. The average Bonchev–Trinajstić information content (AvgIpc) is 2.11. The van der Waals surface area contributed by atoms with Crippen LogP contribution >= 0.6 is 0 Å². The van der Waals surface area contributed by atoms with Gasteiger partial charge in [-0.05, 0) is 12.8 Å². The Kier molecular flexibility index (Phi) is 6.80. The van der Waals surface area contributed by atoms with Gasteiger partial charge >= 0.3 is 5.97 Å². The first-order chi connectivity index (χ1) is 8.04. The third-order valence-electron chi connectivity index (χ3n) is 2.85. The third kappa shape index (κ3) is 8.43. The summed E-state index contributed by atoms with van der Waals surface area (Å²) < 4.78 is 29.8. The van der Waals surface area contributed by atoms with Crippen molar-refractivity contribution in [1.29, 1.82) is 0 Å². The summed E-state index contributed by atoms with van der Waals surface area (Å²) in [5.74, 6) is -1.02. The number of unbranched alkanes of at least 4 members (excludes halogenated alkanes) is 3. The minimum absolute atomic E-state index is 0.218. The fourth-order valence-electron chi connectivity index (χ4n) is 1.82.